The van der Waals surface area contributed by atoms with Gasteiger partial charge in [0.15, 0.2) is 0 Å². The zero-order chi connectivity index (χ0) is 19.1. The lowest BCUT2D eigenvalue weighted by Crippen LogP contribution is -2.50. The largest absolute Gasteiger partial charge is 0.345 e. The van der Waals surface area contributed by atoms with E-state index in [0.29, 0.717) is 36.3 Å². The van der Waals surface area contributed by atoms with Gasteiger partial charge < -0.3 is 9.88 Å². The second-order valence-corrected chi connectivity index (χ2v) is 7.15. The van der Waals surface area contributed by atoms with Gasteiger partial charge in [0.05, 0.1) is 17.5 Å². The first-order chi connectivity index (χ1) is 13.7. The van der Waals surface area contributed by atoms with Gasteiger partial charge in [-0.3, -0.25) is 9.89 Å². The number of nitrogens with zero attached hydrogens (tertiary/aromatic N) is 3. The highest BCUT2D eigenvalue weighted by Crippen LogP contribution is 2.27. The molecule has 1 amide bonds. The van der Waals surface area contributed by atoms with Gasteiger partial charge in [-0.25, -0.2) is 9.37 Å². The maximum absolute atomic E-state index is 13.8. The van der Waals surface area contributed by atoms with Gasteiger partial charge in [0.1, 0.15) is 11.5 Å². The normalized spacial score (nSPS) is 14.4. The molecule has 7 heteroatoms. The quantitative estimate of drug-likeness (QED) is 0.574. The number of likely N-dealkylation sites (tertiary alicyclic amines) is 1. The van der Waals surface area contributed by atoms with Crippen molar-refractivity contribution in [3.8, 4) is 11.3 Å². The molecule has 0 spiro atoms. The highest BCUT2D eigenvalue weighted by molar-refractivity contribution is 6.06. The summed E-state index contributed by atoms with van der Waals surface area (Å²) in [5, 5.41) is 7.51. The highest BCUT2D eigenvalue weighted by Gasteiger charge is 2.32. The lowest BCUT2D eigenvalue weighted by Gasteiger charge is -2.39. The standard InChI is InChI=1S/C21H18FN5O/c22-18-4-2-1-3-14(18)7-13-11-27(12-13)21(28)17-10-23-20-16(17)5-6-19(26-20)15-8-24-25-9-15/h1-6,8-10,13H,7,11-12H2,(H,23,26)(H,24,25). The minimum Gasteiger partial charge on any atom is -0.345 e. The smallest absolute Gasteiger partial charge is 0.256 e. The first kappa shape index (κ1) is 16.7. The monoisotopic (exact) mass is 375 g/mol. The van der Waals surface area contributed by atoms with Crippen molar-refractivity contribution in [2.24, 2.45) is 5.92 Å². The summed E-state index contributed by atoms with van der Waals surface area (Å²) < 4.78 is 13.8. The third kappa shape index (κ3) is 2.85. The third-order valence-electron chi connectivity index (χ3n) is 5.27. The molecule has 1 aliphatic rings. The number of aromatic nitrogens is 4. The number of rotatable bonds is 4. The van der Waals surface area contributed by atoms with Crippen LogP contribution in [0.5, 0.6) is 0 Å². The Morgan fingerprint density at radius 2 is 2.04 bits per heavy atom. The van der Waals surface area contributed by atoms with E-state index in [9.17, 15) is 9.18 Å². The van der Waals surface area contributed by atoms with Gasteiger partial charge in [-0.05, 0) is 36.1 Å². The second-order valence-electron chi connectivity index (χ2n) is 7.15. The summed E-state index contributed by atoms with van der Waals surface area (Å²) in [7, 11) is 0. The fraction of sp³-hybridized carbons (Fsp3) is 0.190. The van der Waals surface area contributed by atoms with E-state index in [1.165, 1.54) is 6.07 Å². The van der Waals surface area contributed by atoms with E-state index in [2.05, 4.69) is 20.2 Å². The molecular formula is C21H18FN5O. The molecular weight excluding hydrogens is 357 g/mol. The zero-order valence-electron chi connectivity index (χ0n) is 15.0. The predicted octanol–water partition coefficient (Wildman–Crippen LogP) is 3.41. The van der Waals surface area contributed by atoms with E-state index in [4.69, 9.17) is 0 Å². The van der Waals surface area contributed by atoms with Crippen molar-refractivity contribution in [1.29, 1.82) is 0 Å². The third-order valence-corrected chi connectivity index (χ3v) is 5.27. The fourth-order valence-electron chi connectivity index (χ4n) is 3.74. The Bertz CT molecular complexity index is 1140. The van der Waals surface area contributed by atoms with Gasteiger partial charge in [-0.2, -0.15) is 5.10 Å². The summed E-state index contributed by atoms with van der Waals surface area (Å²) in [6.45, 7) is 1.28. The average Bonchev–Trinajstić information content (AvgIpc) is 3.34. The van der Waals surface area contributed by atoms with Crippen LogP contribution in [0.15, 0.2) is 55.0 Å². The van der Waals surface area contributed by atoms with Crippen LogP contribution in [0.4, 0.5) is 4.39 Å². The van der Waals surface area contributed by atoms with Gasteiger partial charge >= 0.3 is 0 Å². The number of aromatic amines is 2. The molecule has 4 aromatic rings. The molecule has 0 saturated carbocycles. The van der Waals surface area contributed by atoms with Gasteiger partial charge in [-0.1, -0.05) is 18.2 Å². The lowest BCUT2D eigenvalue weighted by molar-refractivity contribution is 0.0502. The van der Waals surface area contributed by atoms with Crippen LogP contribution in [0.3, 0.4) is 0 Å². The molecule has 5 rings (SSSR count). The SMILES string of the molecule is O=C(c1c[nH]c2nc(-c3cn[nH]c3)ccc12)N1CC(Cc2ccccc2F)C1. The first-order valence-electron chi connectivity index (χ1n) is 9.19. The molecule has 3 aromatic heterocycles. The van der Waals surface area contributed by atoms with Crippen molar-refractivity contribution in [2.75, 3.05) is 13.1 Å². The molecule has 6 nitrogen and oxygen atoms in total. The number of carbonyl (C=O) groups excluding carboxylic acids is 1. The lowest BCUT2D eigenvalue weighted by atomic mass is 9.91. The molecule has 1 aliphatic heterocycles. The molecule has 1 saturated heterocycles. The molecule has 0 radical (unpaired) electrons. The molecule has 0 bridgehead atoms. The van der Waals surface area contributed by atoms with Crippen molar-refractivity contribution < 1.29 is 9.18 Å². The molecule has 28 heavy (non-hydrogen) atoms. The van der Waals surface area contributed by atoms with Crippen LogP contribution in [-0.2, 0) is 6.42 Å². The van der Waals surface area contributed by atoms with E-state index in [0.717, 1.165) is 16.6 Å². The number of halogens is 1. The number of nitrogens with one attached hydrogen (secondary N) is 2. The maximum Gasteiger partial charge on any atom is 0.256 e. The van der Waals surface area contributed by atoms with E-state index < -0.39 is 0 Å². The Labute approximate surface area is 160 Å². The molecule has 0 atom stereocenters. The fourth-order valence-corrected chi connectivity index (χ4v) is 3.74. The van der Waals surface area contributed by atoms with Crippen LogP contribution in [-0.4, -0.2) is 44.1 Å². The number of hydrogen-bond acceptors (Lipinski definition) is 3. The Morgan fingerprint density at radius 3 is 2.82 bits per heavy atom. The molecule has 1 fully saturated rings. The number of fused-ring (bicyclic) bond motifs is 1. The number of benzene rings is 1. The van der Waals surface area contributed by atoms with Gasteiger partial charge in [0.25, 0.3) is 5.91 Å². The van der Waals surface area contributed by atoms with Crippen LogP contribution in [0.25, 0.3) is 22.3 Å². The Kier molecular flexibility index (Phi) is 3.93. The molecule has 2 N–H and O–H groups in total. The summed E-state index contributed by atoms with van der Waals surface area (Å²) in [5.41, 5.74) is 3.68. The number of pyridine rings is 1. The Balaban J connectivity index is 1.30. The van der Waals surface area contributed by atoms with Crippen LogP contribution >= 0.6 is 0 Å². The summed E-state index contributed by atoms with van der Waals surface area (Å²) >= 11 is 0. The van der Waals surface area contributed by atoms with Crippen LogP contribution in [0.2, 0.25) is 0 Å². The van der Waals surface area contributed by atoms with Crippen molar-refractivity contribution in [2.45, 2.75) is 6.42 Å². The summed E-state index contributed by atoms with van der Waals surface area (Å²) in [5.74, 6) is 0.0918. The van der Waals surface area contributed by atoms with E-state index >= 15 is 0 Å². The zero-order valence-corrected chi connectivity index (χ0v) is 15.0. The number of hydrogen-bond donors (Lipinski definition) is 2. The Morgan fingerprint density at radius 1 is 1.18 bits per heavy atom. The average molecular weight is 375 g/mol. The summed E-state index contributed by atoms with van der Waals surface area (Å²) in [4.78, 5) is 22.3. The Hall–Kier alpha value is -3.48. The maximum atomic E-state index is 13.8. The van der Waals surface area contributed by atoms with Crippen molar-refractivity contribution in [1.82, 2.24) is 25.1 Å². The van der Waals surface area contributed by atoms with E-state index in [-0.39, 0.29) is 17.6 Å². The van der Waals surface area contributed by atoms with Crippen molar-refractivity contribution >= 4 is 16.9 Å². The predicted molar refractivity (Wildman–Crippen MR) is 103 cm³/mol. The van der Waals surface area contributed by atoms with Crippen LogP contribution in [0.1, 0.15) is 15.9 Å². The summed E-state index contributed by atoms with van der Waals surface area (Å²) in [6.07, 6.45) is 5.85. The van der Waals surface area contributed by atoms with Gasteiger partial charge in [0.2, 0.25) is 0 Å². The van der Waals surface area contributed by atoms with E-state index in [1.54, 1.807) is 29.6 Å². The number of H-pyrrole nitrogens is 2. The molecule has 1 aromatic carbocycles. The topological polar surface area (TPSA) is 77.7 Å². The van der Waals surface area contributed by atoms with E-state index in [1.807, 2.05) is 24.3 Å². The minimum absolute atomic E-state index is 0.0195. The van der Waals surface area contributed by atoms with Gasteiger partial charge in [0, 0.05) is 36.4 Å². The molecule has 0 unspecified atom stereocenters. The van der Waals surface area contributed by atoms with Crippen molar-refractivity contribution in [3.05, 3.63) is 71.9 Å². The number of carbonyl (C=O) groups is 1. The number of amides is 1. The first-order valence-corrected chi connectivity index (χ1v) is 9.19. The molecule has 0 aliphatic carbocycles. The minimum atomic E-state index is -0.177. The summed E-state index contributed by atoms with van der Waals surface area (Å²) in [6, 6.07) is 10.6. The molecule has 140 valence electrons. The highest BCUT2D eigenvalue weighted by atomic mass is 19.1. The van der Waals surface area contributed by atoms with Crippen LogP contribution < -0.4 is 0 Å². The van der Waals surface area contributed by atoms with Gasteiger partial charge in [-0.15, -0.1) is 0 Å². The van der Waals surface area contributed by atoms with Crippen LogP contribution in [0, 0.1) is 11.7 Å². The van der Waals surface area contributed by atoms with Crippen molar-refractivity contribution in [3.63, 3.8) is 0 Å². The second kappa shape index (κ2) is 6.60. The molecule has 4 heterocycles.